The van der Waals surface area contributed by atoms with Gasteiger partial charge in [0.05, 0.1) is 5.02 Å². The van der Waals surface area contributed by atoms with Crippen LogP contribution in [0.15, 0.2) is 47.4 Å². The summed E-state index contributed by atoms with van der Waals surface area (Å²) >= 11 is 5.84. The molecule has 2 aromatic carbocycles. The van der Waals surface area contributed by atoms with Crippen LogP contribution in [0.1, 0.15) is 10.4 Å². The molecular weight excluding hydrogens is 397 g/mol. The third-order valence-corrected chi connectivity index (χ3v) is 4.99. The van der Waals surface area contributed by atoms with E-state index in [-0.39, 0.29) is 21.2 Å². The van der Waals surface area contributed by atoms with E-state index < -0.39 is 28.0 Å². The van der Waals surface area contributed by atoms with Crippen molar-refractivity contribution in [1.29, 1.82) is 0 Å². The van der Waals surface area contributed by atoms with Crippen molar-refractivity contribution in [2.75, 3.05) is 12.4 Å². The lowest BCUT2D eigenvalue weighted by atomic mass is 10.2. The summed E-state index contributed by atoms with van der Waals surface area (Å²) in [5.74, 6) is -1.11. The molecule has 0 saturated carbocycles. The van der Waals surface area contributed by atoms with E-state index in [2.05, 4.69) is 14.8 Å². The molecule has 2 aromatic rings. The Morgan fingerprint density at radius 1 is 1.12 bits per heavy atom. The molecule has 0 heterocycles. The molecule has 0 atom stereocenters. The van der Waals surface area contributed by atoms with Crippen LogP contribution in [-0.4, -0.2) is 27.7 Å². The van der Waals surface area contributed by atoms with Gasteiger partial charge in [0, 0.05) is 11.3 Å². The zero-order valence-corrected chi connectivity index (χ0v) is 14.7. The lowest BCUT2D eigenvalue weighted by Crippen LogP contribution is -2.20. The Morgan fingerprint density at radius 3 is 2.27 bits per heavy atom. The van der Waals surface area contributed by atoms with Crippen molar-refractivity contribution in [1.82, 2.24) is 4.72 Å². The van der Waals surface area contributed by atoms with Gasteiger partial charge in [-0.15, -0.1) is 13.2 Å². The predicted molar refractivity (Wildman–Crippen MR) is 88.8 cm³/mol. The number of anilines is 1. The number of hydrogen-bond donors (Lipinski definition) is 2. The summed E-state index contributed by atoms with van der Waals surface area (Å²) < 4.78 is 65.9. The van der Waals surface area contributed by atoms with E-state index in [1.165, 1.54) is 31.3 Å². The fourth-order valence-electron chi connectivity index (χ4n) is 1.90. The van der Waals surface area contributed by atoms with Crippen LogP contribution in [0.2, 0.25) is 5.02 Å². The second kappa shape index (κ2) is 7.52. The van der Waals surface area contributed by atoms with Gasteiger partial charge in [-0.1, -0.05) is 11.6 Å². The van der Waals surface area contributed by atoms with Gasteiger partial charge in [0.25, 0.3) is 5.91 Å². The second-order valence-corrected chi connectivity index (χ2v) is 7.14. The summed E-state index contributed by atoms with van der Waals surface area (Å²) in [6.07, 6.45) is -4.82. The number of ether oxygens (including phenoxy) is 1. The number of benzene rings is 2. The maximum Gasteiger partial charge on any atom is 0.573 e. The van der Waals surface area contributed by atoms with Crippen molar-refractivity contribution in [2.45, 2.75) is 11.3 Å². The number of sulfonamides is 1. The van der Waals surface area contributed by atoms with Gasteiger partial charge in [-0.25, -0.2) is 13.1 Å². The molecule has 140 valence electrons. The van der Waals surface area contributed by atoms with Crippen LogP contribution >= 0.6 is 11.6 Å². The lowest BCUT2D eigenvalue weighted by molar-refractivity contribution is -0.274. The van der Waals surface area contributed by atoms with E-state index >= 15 is 0 Å². The highest BCUT2D eigenvalue weighted by Crippen LogP contribution is 2.25. The fourth-order valence-corrected chi connectivity index (χ4v) is 3.15. The van der Waals surface area contributed by atoms with Crippen LogP contribution in [0.4, 0.5) is 18.9 Å². The van der Waals surface area contributed by atoms with E-state index in [1.54, 1.807) is 0 Å². The lowest BCUT2D eigenvalue weighted by Gasteiger charge is -2.11. The molecule has 0 radical (unpaired) electrons. The van der Waals surface area contributed by atoms with Gasteiger partial charge in [0.2, 0.25) is 10.0 Å². The van der Waals surface area contributed by atoms with Crippen molar-refractivity contribution in [3.05, 3.63) is 53.1 Å². The van der Waals surface area contributed by atoms with Crippen LogP contribution in [0.5, 0.6) is 5.75 Å². The molecular formula is C15H12ClF3N2O4S. The zero-order valence-electron chi connectivity index (χ0n) is 13.1. The quantitative estimate of drug-likeness (QED) is 0.794. The van der Waals surface area contributed by atoms with Gasteiger partial charge in [-0.05, 0) is 49.5 Å². The third-order valence-electron chi connectivity index (χ3n) is 3.10. The van der Waals surface area contributed by atoms with Gasteiger partial charge >= 0.3 is 6.36 Å². The van der Waals surface area contributed by atoms with Crippen LogP contribution in [0, 0.1) is 0 Å². The number of rotatable bonds is 5. The van der Waals surface area contributed by atoms with Gasteiger partial charge < -0.3 is 10.1 Å². The van der Waals surface area contributed by atoms with Gasteiger partial charge in [-0.2, -0.15) is 0 Å². The fraction of sp³-hybridized carbons (Fsp3) is 0.133. The Bertz CT molecular complexity index is 915. The van der Waals surface area contributed by atoms with Crippen molar-refractivity contribution in [3.63, 3.8) is 0 Å². The van der Waals surface area contributed by atoms with Crippen LogP contribution in [0.3, 0.4) is 0 Å². The second-order valence-electron chi connectivity index (χ2n) is 4.88. The van der Waals surface area contributed by atoms with Crippen molar-refractivity contribution in [2.24, 2.45) is 0 Å². The normalized spacial score (nSPS) is 11.9. The van der Waals surface area contributed by atoms with Crippen molar-refractivity contribution < 1.29 is 31.1 Å². The Kier molecular flexibility index (Phi) is 5.79. The minimum absolute atomic E-state index is 0.00107. The number of carbonyl (C=O) groups excluding carboxylic acids is 1. The average molecular weight is 409 g/mol. The highest BCUT2D eigenvalue weighted by molar-refractivity contribution is 7.89. The van der Waals surface area contributed by atoms with Crippen molar-refractivity contribution in [3.8, 4) is 5.75 Å². The molecule has 2 N–H and O–H groups in total. The monoisotopic (exact) mass is 408 g/mol. The first kappa shape index (κ1) is 20.0. The standard InChI is InChI=1S/C15H12ClF3N2O4S/c1-20-26(23,24)13-8-9(2-7-12(13)16)14(22)21-10-3-5-11(6-4-10)25-15(17,18)19/h2-8,20H,1H3,(H,21,22). The molecule has 1 amide bonds. The first-order valence-electron chi connectivity index (χ1n) is 6.92. The summed E-state index contributed by atoms with van der Waals surface area (Å²) in [5.41, 5.74) is 0.191. The molecule has 0 aliphatic carbocycles. The van der Waals surface area contributed by atoms with Gasteiger partial charge in [-0.3, -0.25) is 4.79 Å². The molecule has 0 saturated heterocycles. The number of alkyl halides is 3. The summed E-state index contributed by atoms with van der Waals surface area (Å²) in [4.78, 5) is 12.0. The van der Waals surface area contributed by atoms with E-state index in [0.29, 0.717) is 0 Å². The summed E-state index contributed by atoms with van der Waals surface area (Å²) in [7, 11) is -2.67. The summed E-state index contributed by atoms with van der Waals surface area (Å²) in [5, 5.41) is 2.37. The molecule has 6 nitrogen and oxygen atoms in total. The first-order chi connectivity index (χ1) is 12.0. The summed E-state index contributed by atoms with van der Waals surface area (Å²) in [6, 6.07) is 8.13. The molecule has 0 aliphatic heterocycles. The maximum absolute atomic E-state index is 12.2. The van der Waals surface area contributed by atoms with Gasteiger partial charge in [0.1, 0.15) is 10.6 Å². The van der Waals surface area contributed by atoms with Crippen molar-refractivity contribution >= 4 is 33.2 Å². The Balaban J connectivity index is 2.19. The molecule has 0 unspecified atom stereocenters. The van der Waals surface area contributed by atoms with E-state index in [4.69, 9.17) is 11.6 Å². The Hall–Kier alpha value is -2.30. The molecule has 0 bridgehead atoms. The first-order valence-corrected chi connectivity index (χ1v) is 8.78. The number of halogens is 4. The predicted octanol–water partition coefficient (Wildman–Crippen LogP) is 3.40. The average Bonchev–Trinajstić information content (AvgIpc) is 2.55. The zero-order chi connectivity index (χ0) is 19.5. The van der Waals surface area contributed by atoms with Crippen LogP contribution in [0.25, 0.3) is 0 Å². The number of carbonyl (C=O) groups is 1. The number of nitrogens with one attached hydrogen (secondary N) is 2. The molecule has 0 aromatic heterocycles. The smallest absolute Gasteiger partial charge is 0.406 e. The molecule has 26 heavy (non-hydrogen) atoms. The topological polar surface area (TPSA) is 84.5 Å². The van der Waals surface area contributed by atoms with Gasteiger partial charge in [0.15, 0.2) is 0 Å². The molecule has 0 spiro atoms. The maximum atomic E-state index is 12.2. The van der Waals surface area contributed by atoms with E-state index in [0.717, 1.165) is 18.2 Å². The molecule has 11 heteroatoms. The highest BCUT2D eigenvalue weighted by Gasteiger charge is 2.31. The molecule has 0 fully saturated rings. The largest absolute Gasteiger partial charge is 0.573 e. The highest BCUT2D eigenvalue weighted by atomic mass is 35.5. The third kappa shape index (κ3) is 5.10. The van der Waals surface area contributed by atoms with E-state index in [1.807, 2.05) is 0 Å². The Morgan fingerprint density at radius 2 is 1.73 bits per heavy atom. The Labute approximate surface area is 152 Å². The van der Waals surface area contributed by atoms with Crippen LogP contribution in [-0.2, 0) is 10.0 Å². The number of hydrogen-bond acceptors (Lipinski definition) is 4. The summed E-state index contributed by atoms with van der Waals surface area (Å²) in [6.45, 7) is 0. The van der Waals surface area contributed by atoms with E-state index in [9.17, 15) is 26.4 Å². The molecule has 0 aliphatic rings. The molecule has 2 rings (SSSR count). The number of amides is 1. The minimum Gasteiger partial charge on any atom is -0.406 e. The SMILES string of the molecule is CNS(=O)(=O)c1cc(C(=O)Nc2ccc(OC(F)(F)F)cc2)ccc1Cl. The minimum atomic E-state index is -4.82. The van der Waals surface area contributed by atoms with Crippen LogP contribution < -0.4 is 14.8 Å².